The summed E-state index contributed by atoms with van der Waals surface area (Å²) in [5.41, 5.74) is 6.83. The second-order valence-electron chi connectivity index (χ2n) is 6.28. The highest BCUT2D eigenvalue weighted by Crippen LogP contribution is 2.24. The van der Waals surface area contributed by atoms with E-state index in [9.17, 15) is 4.79 Å². The van der Waals surface area contributed by atoms with Gasteiger partial charge in [-0.3, -0.25) is 4.79 Å². The molecule has 0 unspecified atom stereocenters. The number of hydrogen-bond donors (Lipinski definition) is 1. The average molecular weight is 222 g/mol. The summed E-state index contributed by atoms with van der Waals surface area (Å²) < 4.78 is 1.71. The Morgan fingerprint density at radius 3 is 2.00 bits per heavy atom. The topological polar surface area (TPSA) is 48.0 Å². The minimum atomic E-state index is -0.244. The molecule has 0 aromatic carbocycles. The summed E-state index contributed by atoms with van der Waals surface area (Å²) in [6, 6.07) is 1.78. The molecule has 1 aromatic heterocycles. The summed E-state index contributed by atoms with van der Waals surface area (Å²) in [4.78, 5) is 11.9. The lowest BCUT2D eigenvalue weighted by Crippen LogP contribution is -2.36. The summed E-state index contributed by atoms with van der Waals surface area (Å²) in [5, 5.41) is 0. The van der Waals surface area contributed by atoms with E-state index in [0.29, 0.717) is 5.69 Å². The fraction of sp³-hybridized carbons (Fsp3) is 0.615. The van der Waals surface area contributed by atoms with Crippen molar-refractivity contribution in [1.29, 1.82) is 0 Å². The van der Waals surface area contributed by atoms with Crippen molar-refractivity contribution in [3.8, 4) is 0 Å². The molecule has 0 aliphatic rings. The molecule has 0 spiro atoms. The number of anilines is 1. The van der Waals surface area contributed by atoms with Crippen molar-refractivity contribution in [2.45, 2.75) is 52.5 Å². The first-order valence-electron chi connectivity index (χ1n) is 5.56. The molecule has 1 rings (SSSR count). The van der Waals surface area contributed by atoms with Gasteiger partial charge < -0.3 is 10.3 Å². The lowest BCUT2D eigenvalue weighted by molar-refractivity contribution is 0.380. The summed E-state index contributed by atoms with van der Waals surface area (Å²) in [6.07, 6.45) is 1.92. The standard InChI is InChI=1S/C13H22N2O/c1-12(2,3)9-7-10(14)11(16)15(8-9)13(4,5)6/h7-8H,14H2,1-6H3. The molecular formula is C13H22N2O. The molecule has 0 saturated carbocycles. The Labute approximate surface area is 97.3 Å². The van der Waals surface area contributed by atoms with Gasteiger partial charge in [-0.05, 0) is 37.8 Å². The Kier molecular flexibility index (Phi) is 2.92. The third-order valence-corrected chi connectivity index (χ3v) is 2.63. The largest absolute Gasteiger partial charge is 0.394 e. The van der Waals surface area contributed by atoms with Gasteiger partial charge in [0.1, 0.15) is 0 Å². The minimum Gasteiger partial charge on any atom is -0.394 e. The van der Waals surface area contributed by atoms with Gasteiger partial charge in [-0.15, -0.1) is 0 Å². The van der Waals surface area contributed by atoms with E-state index in [1.54, 1.807) is 10.6 Å². The quantitative estimate of drug-likeness (QED) is 0.733. The number of hydrogen-bond acceptors (Lipinski definition) is 2. The Hall–Kier alpha value is -1.25. The van der Waals surface area contributed by atoms with Crippen LogP contribution in [0.2, 0.25) is 0 Å². The molecule has 1 aromatic rings. The van der Waals surface area contributed by atoms with Crippen LogP contribution in [0.3, 0.4) is 0 Å². The van der Waals surface area contributed by atoms with E-state index >= 15 is 0 Å². The van der Waals surface area contributed by atoms with Crippen LogP contribution in [0.4, 0.5) is 5.69 Å². The molecule has 3 nitrogen and oxygen atoms in total. The van der Waals surface area contributed by atoms with Crippen molar-refractivity contribution in [2.75, 3.05) is 5.73 Å². The molecule has 0 amide bonds. The van der Waals surface area contributed by atoms with Crippen LogP contribution in [0.25, 0.3) is 0 Å². The van der Waals surface area contributed by atoms with Gasteiger partial charge in [0.15, 0.2) is 0 Å². The molecule has 0 saturated heterocycles. The molecule has 0 fully saturated rings. The Morgan fingerprint density at radius 1 is 1.12 bits per heavy atom. The molecule has 1 heterocycles. The summed E-state index contributed by atoms with van der Waals surface area (Å²) >= 11 is 0. The predicted octanol–water partition coefficient (Wildman–Crippen LogP) is 2.48. The number of aromatic nitrogens is 1. The molecule has 16 heavy (non-hydrogen) atoms. The molecular weight excluding hydrogens is 200 g/mol. The zero-order valence-corrected chi connectivity index (χ0v) is 11.1. The van der Waals surface area contributed by atoms with E-state index in [4.69, 9.17) is 5.73 Å². The Bertz CT molecular complexity index is 444. The third kappa shape index (κ3) is 2.46. The Morgan fingerprint density at radius 2 is 1.62 bits per heavy atom. The fourth-order valence-corrected chi connectivity index (χ4v) is 1.51. The van der Waals surface area contributed by atoms with Gasteiger partial charge in [0.2, 0.25) is 0 Å². The van der Waals surface area contributed by atoms with E-state index in [1.165, 1.54) is 0 Å². The number of rotatable bonds is 0. The van der Waals surface area contributed by atoms with Gasteiger partial charge in [0.05, 0.1) is 5.69 Å². The molecule has 0 radical (unpaired) electrons. The smallest absolute Gasteiger partial charge is 0.274 e. The van der Waals surface area contributed by atoms with Crippen LogP contribution in [0, 0.1) is 0 Å². The van der Waals surface area contributed by atoms with Crippen LogP contribution in [0.1, 0.15) is 47.1 Å². The van der Waals surface area contributed by atoms with Crippen molar-refractivity contribution >= 4 is 5.69 Å². The van der Waals surface area contributed by atoms with Crippen LogP contribution >= 0.6 is 0 Å². The maximum absolute atomic E-state index is 11.9. The van der Waals surface area contributed by atoms with Gasteiger partial charge in [-0.2, -0.15) is 0 Å². The summed E-state index contributed by atoms with van der Waals surface area (Å²) in [5.74, 6) is 0. The first-order chi connectivity index (χ1) is 7.03. The van der Waals surface area contributed by atoms with E-state index in [2.05, 4.69) is 20.8 Å². The van der Waals surface area contributed by atoms with Gasteiger partial charge in [-0.1, -0.05) is 20.8 Å². The molecule has 0 aliphatic heterocycles. The average Bonchev–Trinajstić information content (AvgIpc) is 2.05. The molecule has 2 N–H and O–H groups in total. The van der Waals surface area contributed by atoms with Gasteiger partial charge in [-0.25, -0.2) is 0 Å². The number of nitrogens with two attached hydrogens (primary N) is 1. The molecule has 0 bridgehead atoms. The van der Waals surface area contributed by atoms with E-state index in [1.807, 2.05) is 27.0 Å². The van der Waals surface area contributed by atoms with Gasteiger partial charge >= 0.3 is 0 Å². The highest BCUT2D eigenvalue weighted by molar-refractivity contribution is 5.40. The molecule has 0 aliphatic carbocycles. The first kappa shape index (κ1) is 12.8. The second-order valence-corrected chi connectivity index (χ2v) is 6.28. The molecule has 0 atom stereocenters. The summed E-state index contributed by atoms with van der Waals surface area (Å²) in [7, 11) is 0. The number of nitrogen functional groups attached to an aromatic ring is 1. The SMILES string of the molecule is CC(C)(C)c1cc(N)c(=O)n(C(C)(C)C)c1. The van der Waals surface area contributed by atoms with E-state index in [-0.39, 0.29) is 16.5 Å². The van der Waals surface area contributed by atoms with Crippen LogP contribution in [-0.4, -0.2) is 4.57 Å². The first-order valence-corrected chi connectivity index (χ1v) is 5.56. The highest BCUT2D eigenvalue weighted by atomic mass is 16.1. The lowest BCUT2D eigenvalue weighted by Gasteiger charge is -2.27. The van der Waals surface area contributed by atoms with Crippen molar-refractivity contribution in [1.82, 2.24) is 4.57 Å². The highest BCUT2D eigenvalue weighted by Gasteiger charge is 2.21. The van der Waals surface area contributed by atoms with Crippen LogP contribution in [0.5, 0.6) is 0 Å². The third-order valence-electron chi connectivity index (χ3n) is 2.63. The molecule has 90 valence electrons. The minimum absolute atomic E-state index is 0.00514. The number of pyridine rings is 1. The number of nitrogens with zero attached hydrogens (tertiary/aromatic N) is 1. The predicted molar refractivity (Wildman–Crippen MR) is 68.8 cm³/mol. The zero-order valence-electron chi connectivity index (χ0n) is 11.1. The van der Waals surface area contributed by atoms with Crippen LogP contribution in [-0.2, 0) is 11.0 Å². The maximum Gasteiger partial charge on any atom is 0.274 e. The van der Waals surface area contributed by atoms with Crippen LogP contribution in [0.15, 0.2) is 17.1 Å². The maximum atomic E-state index is 11.9. The second kappa shape index (κ2) is 3.65. The fourth-order valence-electron chi connectivity index (χ4n) is 1.51. The normalized spacial score (nSPS) is 12.9. The summed E-state index contributed by atoms with van der Waals surface area (Å²) in [6.45, 7) is 12.3. The van der Waals surface area contributed by atoms with Crippen molar-refractivity contribution in [3.05, 3.63) is 28.2 Å². The van der Waals surface area contributed by atoms with Gasteiger partial charge in [0.25, 0.3) is 5.56 Å². The van der Waals surface area contributed by atoms with E-state index < -0.39 is 0 Å². The van der Waals surface area contributed by atoms with Crippen molar-refractivity contribution in [2.24, 2.45) is 0 Å². The monoisotopic (exact) mass is 222 g/mol. The zero-order chi connectivity index (χ0) is 12.7. The Balaban J connectivity index is 3.53. The molecule has 3 heteroatoms. The van der Waals surface area contributed by atoms with E-state index in [0.717, 1.165) is 5.56 Å². The van der Waals surface area contributed by atoms with Crippen molar-refractivity contribution < 1.29 is 0 Å². The van der Waals surface area contributed by atoms with Gasteiger partial charge in [0, 0.05) is 11.7 Å². The van der Waals surface area contributed by atoms with Crippen molar-refractivity contribution in [3.63, 3.8) is 0 Å². The van der Waals surface area contributed by atoms with Crippen LogP contribution < -0.4 is 11.3 Å². The lowest BCUT2D eigenvalue weighted by atomic mass is 9.87.